The molecule has 3 N–H and O–H groups in total. The van der Waals surface area contributed by atoms with Gasteiger partial charge in [-0.3, -0.25) is 0 Å². The molecule has 0 aliphatic carbocycles. The van der Waals surface area contributed by atoms with Gasteiger partial charge in [0.15, 0.2) is 0 Å². The molecule has 0 saturated carbocycles. The molecule has 0 radical (unpaired) electrons. The number of alkyl halides is 2. The van der Waals surface area contributed by atoms with Crippen LogP contribution in [0.5, 0.6) is 0 Å². The molecule has 1 rings (SSSR count). The zero-order valence-corrected chi connectivity index (χ0v) is 6.13. The first kappa shape index (κ1) is 5.74. The van der Waals surface area contributed by atoms with Crippen LogP contribution >= 0.6 is 20.1 Å². The predicted molar refractivity (Wildman–Crippen MR) is 36.4 cm³/mol. The molecule has 0 amide bonds. The van der Waals surface area contributed by atoms with Gasteiger partial charge in [0.05, 0.1) is 0 Å². The molecule has 0 unspecified atom stereocenters. The molecule has 1 fully saturated rings. The molecule has 7 heavy (non-hydrogen) atoms. The topological polar surface area (TPSA) is 49.5 Å². The number of halogens is 1. The minimum absolute atomic E-state index is 0.796. The number of nitrogens with zero attached hydrogens (tertiary/aromatic N) is 1. The Morgan fingerprint density at radius 2 is 2.43 bits per heavy atom. The van der Waals surface area contributed by atoms with Gasteiger partial charge in [0.1, 0.15) is 0 Å². The normalized spacial score (nSPS) is 29.1. The third kappa shape index (κ3) is 1.52. The molecule has 1 aliphatic heterocycles. The van der Waals surface area contributed by atoms with E-state index in [1.807, 2.05) is 0 Å². The van der Waals surface area contributed by atoms with Crippen LogP contribution in [0.4, 0.5) is 0 Å². The van der Waals surface area contributed by atoms with Gasteiger partial charge < -0.3 is 0 Å². The van der Waals surface area contributed by atoms with Crippen LogP contribution in [0.2, 0.25) is 0 Å². The van der Waals surface area contributed by atoms with Gasteiger partial charge in [0, 0.05) is 0 Å². The van der Waals surface area contributed by atoms with E-state index in [1.165, 1.54) is 5.06 Å². The van der Waals surface area contributed by atoms with Crippen molar-refractivity contribution in [3.05, 3.63) is 0 Å². The van der Waals surface area contributed by atoms with Gasteiger partial charge in [-0.05, 0) is 0 Å². The van der Waals surface area contributed by atoms with Crippen molar-refractivity contribution in [2.45, 2.75) is 0 Å². The minimum atomic E-state index is -1.08. The van der Waals surface area contributed by atoms with Crippen LogP contribution in [0.15, 0.2) is 0 Å². The van der Waals surface area contributed by atoms with E-state index in [-0.39, 0.29) is 0 Å². The molecule has 0 aromatic carbocycles. The second-order valence-electron chi connectivity index (χ2n) is 1.54. The summed E-state index contributed by atoms with van der Waals surface area (Å²) in [7, 11) is 0. The Labute approximate surface area is 50.2 Å². The van der Waals surface area contributed by atoms with Crippen molar-refractivity contribution in [2.75, 3.05) is 15.5 Å². The van der Waals surface area contributed by atoms with Crippen molar-refractivity contribution in [3.8, 4) is 0 Å². The summed E-state index contributed by atoms with van der Waals surface area (Å²) in [5, 5.41) is 10.0. The van der Waals surface area contributed by atoms with E-state index < -0.39 is 20.1 Å². The molecular formula is C3H9IN2O. The Balaban J connectivity index is 2.26. The van der Waals surface area contributed by atoms with Gasteiger partial charge in [-0.15, -0.1) is 0 Å². The Bertz CT molecular complexity index is 62.0. The first-order chi connectivity index (χ1) is 3.29. The van der Waals surface area contributed by atoms with E-state index in [4.69, 9.17) is 9.15 Å². The van der Waals surface area contributed by atoms with E-state index in [1.54, 1.807) is 0 Å². The van der Waals surface area contributed by atoms with Crippen LogP contribution in [0.3, 0.4) is 0 Å². The van der Waals surface area contributed by atoms with Crippen molar-refractivity contribution < 1.29 is 5.21 Å². The van der Waals surface area contributed by atoms with E-state index in [9.17, 15) is 0 Å². The molecular weight excluding hydrogens is 207 g/mol. The van der Waals surface area contributed by atoms with Crippen LogP contribution in [0, 0.1) is 0 Å². The van der Waals surface area contributed by atoms with Crippen LogP contribution < -0.4 is 3.95 Å². The molecule has 3 nitrogen and oxygen atoms in total. The van der Waals surface area contributed by atoms with E-state index in [2.05, 4.69) is 0 Å². The number of hydrogen-bond acceptors (Lipinski definition) is 3. The van der Waals surface area contributed by atoms with Crippen LogP contribution in [-0.4, -0.2) is 25.8 Å². The first-order valence-electron chi connectivity index (χ1n) is 2.09. The maximum atomic E-state index is 8.69. The van der Waals surface area contributed by atoms with E-state index in [0.717, 1.165) is 15.5 Å². The third-order valence-electron chi connectivity index (χ3n) is 0.877. The fraction of sp³-hybridized carbons (Fsp3) is 1.00. The Morgan fingerprint density at radius 1 is 1.71 bits per heavy atom. The second-order valence-corrected chi connectivity index (χ2v) is 6.14. The molecule has 1 saturated heterocycles. The first-order valence-corrected chi connectivity index (χ1v) is 6.38. The second kappa shape index (κ2) is 2.25. The summed E-state index contributed by atoms with van der Waals surface area (Å²) in [5.74, 6) is 0. The third-order valence-corrected chi connectivity index (χ3v) is 4.41. The van der Waals surface area contributed by atoms with Crippen LogP contribution in [0.25, 0.3) is 0 Å². The van der Waals surface area contributed by atoms with Gasteiger partial charge in [-0.25, -0.2) is 0 Å². The van der Waals surface area contributed by atoms with Gasteiger partial charge >= 0.3 is 49.8 Å². The molecule has 0 bridgehead atoms. The predicted octanol–water partition coefficient (Wildman–Crippen LogP) is 0.0288. The summed E-state index contributed by atoms with van der Waals surface area (Å²) in [5.41, 5.74) is 0. The van der Waals surface area contributed by atoms with Crippen molar-refractivity contribution in [2.24, 2.45) is 3.95 Å². The number of rotatable bonds is 0. The zero-order valence-electron chi connectivity index (χ0n) is 3.97. The van der Waals surface area contributed by atoms with Crippen LogP contribution in [0.1, 0.15) is 0 Å². The quantitative estimate of drug-likeness (QED) is 0.260. The van der Waals surface area contributed by atoms with Gasteiger partial charge in [0.25, 0.3) is 0 Å². The summed E-state index contributed by atoms with van der Waals surface area (Å²) in [6.07, 6.45) is 0. The van der Waals surface area contributed by atoms with Crippen molar-refractivity contribution in [1.29, 1.82) is 0 Å². The molecule has 44 valence electrons. The summed E-state index contributed by atoms with van der Waals surface area (Å²) >= 11 is -1.08. The molecule has 4 heteroatoms. The fourth-order valence-corrected chi connectivity index (χ4v) is 3.37. The van der Waals surface area contributed by atoms with Gasteiger partial charge in [0.2, 0.25) is 0 Å². The summed E-state index contributed by atoms with van der Waals surface area (Å²) in [4.78, 5) is 0. The average molecular weight is 216 g/mol. The molecule has 1 aliphatic rings. The molecule has 1 heterocycles. The molecule has 0 spiro atoms. The standard InChI is InChI=1S/C3H9IN2O/c5-4-1-2-6(7)3-4/h7H,1-3,5H2. The van der Waals surface area contributed by atoms with Gasteiger partial charge in [-0.2, -0.15) is 0 Å². The summed E-state index contributed by atoms with van der Waals surface area (Å²) < 4.78 is 7.46. The molecule has 0 aromatic rings. The summed E-state index contributed by atoms with van der Waals surface area (Å²) in [6.45, 7) is 0.807. The SMILES string of the molecule is NI1CCN(O)C1. The Kier molecular flexibility index (Phi) is 1.85. The fourth-order valence-electron chi connectivity index (χ4n) is 0.503. The van der Waals surface area contributed by atoms with Crippen molar-refractivity contribution in [1.82, 2.24) is 5.06 Å². The Hall–Kier alpha value is 0.610. The monoisotopic (exact) mass is 216 g/mol. The average Bonchev–Trinajstić information content (AvgIpc) is 1.87. The number of nitrogens with two attached hydrogens (primary N) is 1. The zero-order chi connectivity index (χ0) is 5.28. The van der Waals surface area contributed by atoms with Gasteiger partial charge in [-0.1, -0.05) is 0 Å². The molecule has 0 atom stereocenters. The maximum absolute atomic E-state index is 8.69. The number of hydroxylamine groups is 2. The van der Waals surface area contributed by atoms with E-state index in [0.29, 0.717) is 0 Å². The van der Waals surface area contributed by atoms with E-state index >= 15 is 0 Å². The number of hydrogen-bond donors (Lipinski definition) is 2. The summed E-state index contributed by atoms with van der Waals surface area (Å²) in [6, 6.07) is 0. The van der Waals surface area contributed by atoms with Crippen molar-refractivity contribution >= 4 is 20.1 Å². The molecule has 0 aromatic heterocycles. The van der Waals surface area contributed by atoms with Crippen molar-refractivity contribution in [3.63, 3.8) is 0 Å². The Morgan fingerprint density at radius 3 is 2.57 bits per heavy atom. The van der Waals surface area contributed by atoms with Crippen LogP contribution in [-0.2, 0) is 0 Å².